The zero-order valence-electron chi connectivity index (χ0n) is 10.2. The van der Waals surface area contributed by atoms with E-state index in [4.69, 9.17) is 11.6 Å². The third-order valence-electron chi connectivity index (χ3n) is 3.15. The van der Waals surface area contributed by atoms with Crippen LogP contribution in [0.15, 0.2) is 24.3 Å². The zero-order valence-corrected chi connectivity index (χ0v) is 10.9. The van der Waals surface area contributed by atoms with E-state index >= 15 is 0 Å². The molecule has 1 aromatic rings. The van der Waals surface area contributed by atoms with Gasteiger partial charge in [0.05, 0.1) is 11.8 Å². The molecule has 0 saturated carbocycles. The van der Waals surface area contributed by atoms with Crippen molar-refractivity contribution in [3.8, 4) is 0 Å². The lowest BCUT2D eigenvalue weighted by atomic mass is 10.1. The summed E-state index contributed by atoms with van der Waals surface area (Å²) in [7, 11) is 0. The van der Waals surface area contributed by atoms with E-state index in [1.54, 1.807) is 0 Å². The fourth-order valence-electron chi connectivity index (χ4n) is 2.26. The number of piperidine rings is 1. The first-order chi connectivity index (χ1) is 8.15. The van der Waals surface area contributed by atoms with Gasteiger partial charge in [-0.25, -0.2) is 0 Å². The molecule has 3 heteroatoms. The number of nitrogens with zero attached hydrogens (tertiary/aromatic N) is 1. The van der Waals surface area contributed by atoms with Gasteiger partial charge in [-0.15, -0.1) is 11.6 Å². The molecule has 0 bridgehead atoms. The second-order valence-corrected chi connectivity index (χ2v) is 5.36. The van der Waals surface area contributed by atoms with E-state index in [1.807, 2.05) is 30.0 Å². The lowest BCUT2D eigenvalue weighted by Crippen LogP contribution is -2.41. The van der Waals surface area contributed by atoms with Gasteiger partial charge < -0.3 is 4.90 Å². The summed E-state index contributed by atoms with van der Waals surface area (Å²) in [5, 5.41) is 0.130. The average molecular weight is 252 g/mol. The van der Waals surface area contributed by atoms with Crippen LogP contribution in [0.2, 0.25) is 0 Å². The summed E-state index contributed by atoms with van der Waals surface area (Å²) in [6, 6.07) is 8.12. The Labute approximate surface area is 108 Å². The van der Waals surface area contributed by atoms with Crippen molar-refractivity contribution < 1.29 is 4.79 Å². The zero-order chi connectivity index (χ0) is 12.3. The molecule has 1 unspecified atom stereocenters. The first kappa shape index (κ1) is 12.4. The molecule has 1 atom stereocenters. The van der Waals surface area contributed by atoms with Crippen LogP contribution in [-0.2, 0) is 11.2 Å². The van der Waals surface area contributed by atoms with Crippen molar-refractivity contribution in [1.29, 1.82) is 0 Å². The van der Waals surface area contributed by atoms with E-state index in [0.717, 1.165) is 24.9 Å². The van der Waals surface area contributed by atoms with Crippen molar-refractivity contribution in [1.82, 2.24) is 4.90 Å². The van der Waals surface area contributed by atoms with Crippen molar-refractivity contribution in [2.24, 2.45) is 0 Å². The van der Waals surface area contributed by atoms with Crippen molar-refractivity contribution in [2.75, 3.05) is 13.1 Å². The van der Waals surface area contributed by atoms with Crippen molar-refractivity contribution >= 4 is 17.5 Å². The number of hydrogen-bond donors (Lipinski definition) is 0. The molecule has 1 heterocycles. The maximum atomic E-state index is 12.1. The van der Waals surface area contributed by atoms with Crippen LogP contribution in [0.5, 0.6) is 0 Å². The number of halogens is 1. The lowest BCUT2D eigenvalue weighted by molar-refractivity contribution is -0.131. The van der Waals surface area contributed by atoms with Crippen LogP contribution < -0.4 is 0 Å². The molecule has 1 saturated heterocycles. The highest BCUT2D eigenvalue weighted by Crippen LogP contribution is 2.16. The molecule has 92 valence electrons. The first-order valence-electron chi connectivity index (χ1n) is 6.12. The maximum Gasteiger partial charge on any atom is 0.227 e. The molecular formula is C14H18ClNO. The molecule has 1 amide bonds. The second kappa shape index (κ2) is 5.54. The van der Waals surface area contributed by atoms with Gasteiger partial charge in [0.15, 0.2) is 0 Å². The van der Waals surface area contributed by atoms with E-state index in [2.05, 4.69) is 6.07 Å². The van der Waals surface area contributed by atoms with E-state index < -0.39 is 0 Å². The number of rotatable bonds is 2. The lowest BCUT2D eigenvalue weighted by Gasteiger charge is -2.29. The monoisotopic (exact) mass is 251 g/mol. The molecule has 2 rings (SSSR count). The number of amides is 1. The van der Waals surface area contributed by atoms with Crippen LogP contribution in [0.4, 0.5) is 0 Å². The van der Waals surface area contributed by atoms with Gasteiger partial charge in [0.25, 0.3) is 0 Å². The van der Waals surface area contributed by atoms with Gasteiger partial charge in [0.1, 0.15) is 0 Å². The number of carbonyl (C=O) groups is 1. The summed E-state index contributed by atoms with van der Waals surface area (Å²) in [5.41, 5.74) is 2.29. The molecular weight excluding hydrogens is 234 g/mol. The summed E-state index contributed by atoms with van der Waals surface area (Å²) >= 11 is 6.09. The Morgan fingerprint density at radius 1 is 1.53 bits per heavy atom. The van der Waals surface area contributed by atoms with Crippen LogP contribution in [0.1, 0.15) is 24.0 Å². The summed E-state index contributed by atoms with van der Waals surface area (Å²) in [4.78, 5) is 14.0. The first-order valence-corrected chi connectivity index (χ1v) is 6.56. The minimum atomic E-state index is 0.130. The Hall–Kier alpha value is -1.02. The number of likely N-dealkylation sites (tertiary alicyclic amines) is 1. The van der Waals surface area contributed by atoms with Gasteiger partial charge in [0.2, 0.25) is 5.91 Å². The van der Waals surface area contributed by atoms with Gasteiger partial charge in [-0.05, 0) is 25.3 Å². The standard InChI is InChI=1S/C14H18ClNO/c1-11-4-2-5-12(8-11)9-14(17)16-7-3-6-13(15)10-16/h2,4-5,8,13H,3,6-7,9-10H2,1H3. The molecule has 2 nitrogen and oxygen atoms in total. The Bertz CT molecular complexity index is 405. The number of alkyl halides is 1. The van der Waals surface area contributed by atoms with Crippen LogP contribution in [-0.4, -0.2) is 29.3 Å². The molecule has 1 aliphatic rings. The maximum absolute atomic E-state index is 12.1. The Morgan fingerprint density at radius 2 is 2.35 bits per heavy atom. The number of hydrogen-bond acceptors (Lipinski definition) is 1. The highest BCUT2D eigenvalue weighted by molar-refractivity contribution is 6.20. The van der Waals surface area contributed by atoms with E-state index in [-0.39, 0.29) is 11.3 Å². The van der Waals surface area contributed by atoms with Gasteiger partial charge in [-0.2, -0.15) is 0 Å². The van der Waals surface area contributed by atoms with E-state index in [1.165, 1.54) is 5.56 Å². The molecule has 0 N–H and O–H groups in total. The molecule has 0 aromatic heterocycles. The van der Waals surface area contributed by atoms with Crippen molar-refractivity contribution in [2.45, 2.75) is 31.6 Å². The van der Waals surface area contributed by atoms with E-state index in [9.17, 15) is 4.79 Å². The number of aryl methyl sites for hydroxylation is 1. The largest absolute Gasteiger partial charge is 0.341 e. The van der Waals surface area contributed by atoms with Crippen LogP contribution in [0.3, 0.4) is 0 Å². The molecule has 1 fully saturated rings. The summed E-state index contributed by atoms with van der Waals surface area (Å²) in [6.07, 6.45) is 2.54. The minimum absolute atomic E-state index is 0.130. The normalized spacial score (nSPS) is 20.4. The van der Waals surface area contributed by atoms with Gasteiger partial charge in [0, 0.05) is 13.1 Å². The molecule has 0 aliphatic carbocycles. The van der Waals surface area contributed by atoms with Crippen LogP contribution >= 0.6 is 11.6 Å². The van der Waals surface area contributed by atoms with Crippen molar-refractivity contribution in [3.63, 3.8) is 0 Å². The molecule has 17 heavy (non-hydrogen) atoms. The predicted molar refractivity (Wildman–Crippen MR) is 70.3 cm³/mol. The fraction of sp³-hybridized carbons (Fsp3) is 0.500. The summed E-state index contributed by atoms with van der Waals surface area (Å²) in [5.74, 6) is 0.195. The number of benzene rings is 1. The molecule has 1 aliphatic heterocycles. The van der Waals surface area contributed by atoms with Crippen LogP contribution in [0, 0.1) is 6.92 Å². The Morgan fingerprint density at radius 3 is 3.06 bits per heavy atom. The second-order valence-electron chi connectivity index (χ2n) is 4.75. The highest BCUT2D eigenvalue weighted by atomic mass is 35.5. The van der Waals surface area contributed by atoms with Crippen LogP contribution in [0.25, 0.3) is 0 Å². The molecule has 1 aromatic carbocycles. The molecule has 0 radical (unpaired) electrons. The Balaban J connectivity index is 1.96. The average Bonchev–Trinajstić information content (AvgIpc) is 2.29. The number of carbonyl (C=O) groups excluding carboxylic acids is 1. The minimum Gasteiger partial charge on any atom is -0.341 e. The highest BCUT2D eigenvalue weighted by Gasteiger charge is 2.21. The topological polar surface area (TPSA) is 20.3 Å². The van der Waals surface area contributed by atoms with Crippen molar-refractivity contribution in [3.05, 3.63) is 35.4 Å². The quantitative estimate of drug-likeness (QED) is 0.741. The predicted octanol–water partition coefficient (Wildman–Crippen LogP) is 2.77. The fourth-order valence-corrected chi connectivity index (χ4v) is 2.58. The summed E-state index contributed by atoms with van der Waals surface area (Å²) < 4.78 is 0. The smallest absolute Gasteiger partial charge is 0.227 e. The Kier molecular flexibility index (Phi) is 4.06. The third kappa shape index (κ3) is 3.47. The third-order valence-corrected chi connectivity index (χ3v) is 3.51. The van der Waals surface area contributed by atoms with Gasteiger partial charge >= 0.3 is 0 Å². The summed E-state index contributed by atoms with van der Waals surface area (Å²) in [6.45, 7) is 3.60. The van der Waals surface area contributed by atoms with Gasteiger partial charge in [-0.1, -0.05) is 29.8 Å². The van der Waals surface area contributed by atoms with Gasteiger partial charge in [-0.3, -0.25) is 4.79 Å². The molecule has 0 spiro atoms. The van der Waals surface area contributed by atoms with E-state index in [0.29, 0.717) is 13.0 Å². The SMILES string of the molecule is Cc1cccc(CC(=O)N2CCCC(Cl)C2)c1.